The Morgan fingerprint density at radius 2 is 1.89 bits per heavy atom. The first-order chi connectivity index (χ1) is 9.09. The average molecular weight is 263 g/mol. The quantitative estimate of drug-likeness (QED) is 0.707. The number of benzene rings is 1. The molecule has 19 heavy (non-hydrogen) atoms. The Bertz CT molecular complexity index is 429. The fourth-order valence-corrected chi connectivity index (χ4v) is 1.85. The number of rotatable bonds is 8. The highest BCUT2D eigenvalue weighted by molar-refractivity contribution is 5.78. The minimum atomic E-state index is -0.761. The second-order valence-corrected chi connectivity index (χ2v) is 4.66. The number of hydrogen-bond donors (Lipinski definition) is 2. The van der Waals surface area contributed by atoms with Crippen molar-refractivity contribution in [2.45, 2.75) is 39.0 Å². The van der Waals surface area contributed by atoms with E-state index in [9.17, 15) is 9.59 Å². The number of carboxylic acid groups (broad SMARTS) is 1. The van der Waals surface area contributed by atoms with Crippen LogP contribution in [0.4, 0.5) is 0 Å². The van der Waals surface area contributed by atoms with E-state index in [-0.39, 0.29) is 12.3 Å². The van der Waals surface area contributed by atoms with Crippen LogP contribution >= 0.6 is 0 Å². The molecule has 0 aliphatic rings. The van der Waals surface area contributed by atoms with E-state index >= 15 is 0 Å². The van der Waals surface area contributed by atoms with E-state index in [0.717, 1.165) is 24.0 Å². The lowest BCUT2D eigenvalue weighted by atomic mass is 10.1. The van der Waals surface area contributed by atoms with Gasteiger partial charge in [0.05, 0.1) is 6.42 Å². The third-order valence-corrected chi connectivity index (χ3v) is 3.00. The molecule has 0 aromatic heterocycles. The number of amides is 1. The highest BCUT2D eigenvalue weighted by Gasteiger charge is 2.04. The summed E-state index contributed by atoms with van der Waals surface area (Å²) in [7, 11) is 0. The number of carboxylic acids is 1. The molecule has 0 radical (unpaired) electrons. The van der Waals surface area contributed by atoms with Crippen LogP contribution in [0.15, 0.2) is 24.3 Å². The van der Waals surface area contributed by atoms with E-state index in [1.165, 1.54) is 0 Å². The first-order valence-corrected chi connectivity index (χ1v) is 6.62. The fourth-order valence-electron chi connectivity index (χ4n) is 1.85. The lowest BCUT2D eigenvalue weighted by molar-refractivity contribution is -0.137. The van der Waals surface area contributed by atoms with Crippen LogP contribution in [-0.2, 0) is 16.0 Å². The van der Waals surface area contributed by atoms with Crippen LogP contribution < -0.4 is 5.32 Å². The molecule has 1 amide bonds. The van der Waals surface area contributed by atoms with Crippen molar-refractivity contribution in [3.63, 3.8) is 0 Å². The summed E-state index contributed by atoms with van der Waals surface area (Å²) in [5.41, 5.74) is 2.17. The summed E-state index contributed by atoms with van der Waals surface area (Å²) >= 11 is 0. The number of nitrogens with one attached hydrogen (secondary N) is 1. The third-order valence-electron chi connectivity index (χ3n) is 3.00. The normalized spacial score (nSPS) is 10.2. The molecule has 0 atom stereocenters. The number of carbonyl (C=O) groups excluding carboxylic acids is 1. The van der Waals surface area contributed by atoms with E-state index in [2.05, 4.69) is 5.32 Å². The topological polar surface area (TPSA) is 66.4 Å². The Balaban J connectivity index is 2.15. The molecule has 1 aromatic carbocycles. The van der Waals surface area contributed by atoms with E-state index in [1.54, 1.807) is 0 Å². The Morgan fingerprint density at radius 3 is 2.58 bits per heavy atom. The molecule has 0 saturated heterocycles. The summed E-state index contributed by atoms with van der Waals surface area (Å²) in [5, 5.41) is 11.3. The highest BCUT2D eigenvalue weighted by atomic mass is 16.4. The van der Waals surface area contributed by atoms with Crippen molar-refractivity contribution in [3.05, 3.63) is 35.4 Å². The third kappa shape index (κ3) is 6.60. The van der Waals surface area contributed by atoms with Crippen LogP contribution in [0.5, 0.6) is 0 Å². The van der Waals surface area contributed by atoms with E-state index in [0.29, 0.717) is 19.4 Å². The molecule has 0 aliphatic carbocycles. The lowest BCUT2D eigenvalue weighted by Crippen LogP contribution is -2.26. The molecule has 0 unspecified atom stereocenters. The zero-order valence-electron chi connectivity index (χ0n) is 11.3. The Hall–Kier alpha value is -1.84. The van der Waals surface area contributed by atoms with Crippen molar-refractivity contribution in [3.8, 4) is 0 Å². The molecular weight excluding hydrogens is 242 g/mol. The summed E-state index contributed by atoms with van der Waals surface area (Å²) in [6, 6.07) is 7.84. The Morgan fingerprint density at radius 1 is 1.16 bits per heavy atom. The monoisotopic (exact) mass is 263 g/mol. The largest absolute Gasteiger partial charge is 0.481 e. The highest BCUT2D eigenvalue weighted by Crippen LogP contribution is 2.07. The van der Waals surface area contributed by atoms with Crippen LogP contribution in [0.1, 0.15) is 36.8 Å². The second kappa shape index (κ2) is 8.29. The predicted molar refractivity (Wildman–Crippen MR) is 74.0 cm³/mol. The summed E-state index contributed by atoms with van der Waals surface area (Å²) < 4.78 is 0. The van der Waals surface area contributed by atoms with E-state index in [1.807, 2.05) is 31.2 Å². The molecule has 0 aliphatic heterocycles. The van der Waals surface area contributed by atoms with Gasteiger partial charge in [0.2, 0.25) is 5.91 Å². The molecule has 0 spiro atoms. The predicted octanol–water partition coefficient (Wildman–Crippen LogP) is 2.30. The van der Waals surface area contributed by atoms with Crippen LogP contribution in [0.2, 0.25) is 0 Å². The first kappa shape index (κ1) is 15.2. The maximum Gasteiger partial charge on any atom is 0.303 e. The zero-order chi connectivity index (χ0) is 14.1. The average Bonchev–Trinajstić information content (AvgIpc) is 2.36. The van der Waals surface area contributed by atoms with Crippen LogP contribution in [0.3, 0.4) is 0 Å². The summed E-state index contributed by atoms with van der Waals surface area (Å²) in [6.45, 7) is 2.61. The van der Waals surface area contributed by atoms with Crippen molar-refractivity contribution < 1.29 is 14.7 Å². The van der Waals surface area contributed by atoms with Crippen molar-refractivity contribution in [1.82, 2.24) is 5.32 Å². The Kier molecular flexibility index (Phi) is 6.64. The van der Waals surface area contributed by atoms with Crippen molar-refractivity contribution in [2.75, 3.05) is 6.54 Å². The summed E-state index contributed by atoms with van der Waals surface area (Å²) in [4.78, 5) is 22.0. The van der Waals surface area contributed by atoms with Gasteiger partial charge in [0.15, 0.2) is 0 Å². The van der Waals surface area contributed by atoms with Gasteiger partial charge in [-0.05, 0) is 30.9 Å². The molecule has 0 saturated carbocycles. The molecule has 4 heteroatoms. The number of hydrogen-bond acceptors (Lipinski definition) is 2. The molecular formula is C15H21NO3. The number of aryl methyl sites for hydroxylation is 1. The molecule has 2 N–H and O–H groups in total. The van der Waals surface area contributed by atoms with Crippen molar-refractivity contribution >= 4 is 11.9 Å². The smallest absolute Gasteiger partial charge is 0.303 e. The van der Waals surface area contributed by atoms with Gasteiger partial charge in [-0.15, -0.1) is 0 Å². The van der Waals surface area contributed by atoms with Crippen molar-refractivity contribution in [2.24, 2.45) is 0 Å². The summed E-state index contributed by atoms with van der Waals surface area (Å²) in [6.07, 6.45) is 2.94. The number of aliphatic carboxylic acids is 1. The van der Waals surface area contributed by atoms with Crippen molar-refractivity contribution in [1.29, 1.82) is 0 Å². The van der Waals surface area contributed by atoms with Gasteiger partial charge in [0.25, 0.3) is 0 Å². The lowest BCUT2D eigenvalue weighted by Gasteiger charge is -2.07. The van der Waals surface area contributed by atoms with Crippen LogP contribution in [0, 0.1) is 6.92 Å². The van der Waals surface area contributed by atoms with Gasteiger partial charge >= 0.3 is 5.97 Å². The fraction of sp³-hybridized carbons (Fsp3) is 0.467. The Labute approximate surface area is 113 Å². The van der Waals surface area contributed by atoms with Gasteiger partial charge in [-0.2, -0.15) is 0 Å². The molecule has 0 heterocycles. The minimum Gasteiger partial charge on any atom is -0.481 e. The van der Waals surface area contributed by atoms with Gasteiger partial charge in [0.1, 0.15) is 0 Å². The van der Waals surface area contributed by atoms with Gasteiger partial charge in [-0.1, -0.05) is 30.7 Å². The summed E-state index contributed by atoms with van der Waals surface area (Å²) in [5.74, 6) is -0.740. The molecule has 0 fully saturated rings. The van der Waals surface area contributed by atoms with E-state index < -0.39 is 5.97 Å². The first-order valence-electron chi connectivity index (χ1n) is 6.62. The molecule has 4 nitrogen and oxygen atoms in total. The van der Waals surface area contributed by atoms with Gasteiger partial charge < -0.3 is 10.4 Å². The number of unbranched alkanes of at least 4 members (excludes halogenated alkanes) is 2. The van der Waals surface area contributed by atoms with E-state index in [4.69, 9.17) is 5.11 Å². The maximum absolute atomic E-state index is 11.7. The molecule has 104 valence electrons. The molecule has 1 aromatic rings. The van der Waals surface area contributed by atoms with Gasteiger partial charge in [-0.25, -0.2) is 0 Å². The number of carbonyl (C=O) groups is 2. The second-order valence-electron chi connectivity index (χ2n) is 4.66. The maximum atomic E-state index is 11.7. The SMILES string of the molecule is Cc1ccccc1CC(=O)NCCCCCC(=O)O. The molecule has 1 rings (SSSR count). The minimum absolute atomic E-state index is 0.0209. The van der Waals surface area contributed by atoms with Crippen LogP contribution in [0.25, 0.3) is 0 Å². The van der Waals surface area contributed by atoms with Gasteiger partial charge in [-0.3, -0.25) is 9.59 Å². The zero-order valence-corrected chi connectivity index (χ0v) is 11.3. The standard InChI is InChI=1S/C15H21NO3/c1-12-7-4-5-8-13(12)11-14(17)16-10-6-2-3-9-15(18)19/h4-5,7-8H,2-3,6,9-11H2,1H3,(H,16,17)(H,18,19). The molecule has 0 bridgehead atoms. The van der Waals surface area contributed by atoms with Gasteiger partial charge in [0, 0.05) is 13.0 Å². The van der Waals surface area contributed by atoms with Crippen LogP contribution in [-0.4, -0.2) is 23.5 Å².